The van der Waals surface area contributed by atoms with Gasteiger partial charge < -0.3 is 10.0 Å². The van der Waals surface area contributed by atoms with E-state index in [-0.39, 0.29) is 5.69 Å². The van der Waals surface area contributed by atoms with Crippen LogP contribution in [0.3, 0.4) is 0 Å². The Morgan fingerprint density at radius 2 is 2.22 bits per heavy atom. The van der Waals surface area contributed by atoms with Crippen LogP contribution >= 0.6 is 0 Å². The molecular formula is C12H12N4O2. The maximum Gasteiger partial charge on any atom is 0.356 e. The number of hydrogen-bond donors (Lipinski definition) is 1. The van der Waals surface area contributed by atoms with Crippen LogP contribution in [0, 0.1) is 0 Å². The highest BCUT2D eigenvalue weighted by Gasteiger charge is 2.09. The van der Waals surface area contributed by atoms with E-state index in [1.807, 2.05) is 25.2 Å². The molecule has 2 rings (SSSR count). The normalized spacial score (nSPS) is 10.1. The van der Waals surface area contributed by atoms with Crippen LogP contribution in [0.5, 0.6) is 0 Å². The number of carbonyl (C=O) groups is 1. The number of carboxylic acid groups (broad SMARTS) is 1. The smallest absolute Gasteiger partial charge is 0.356 e. The molecule has 0 spiro atoms. The Bertz CT molecular complexity index is 545. The minimum Gasteiger partial charge on any atom is -0.476 e. The Kier molecular flexibility index (Phi) is 3.47. The molecule has 1 N–H and O–H groups in total. The van der Waals surface area contributed by atoms with Gasteiger partial charge in [0.1, 0.15) is 5.82 Å². The Hall–Kier alpha value is -2.50. The van der Waals surface area contributed by atoms with Gasteiger partial charge in [-0.15, -0.1) is 0 Å². The van der Waals surface area contributed by atoms with E-state index in [0.717, 1.165) is 5.69 Å². The molecule has 2 aromatic heterocycles. The average Bonchev–Trinajstić information content (AvgIpc) is 2.40. The molecular weight excluding hydrogens is 232 g/mol. The minimum atomic E-state index is -1.09. The highest BCUT2D eigenvalue weighted by Crippen LogP contribution is 2.10. The molecule has 18 heavy (non-hydrogen) atoms. The molecule has 0 aromatic carbocycles. The first-order valence-electron chi connectivity index (χ1n) is 5.33. The molecule has 92 valence electrons. The van der Waals surface area contributed by atoms with Crippen molar-refractivity contribution in [1.29, 1.82) is 0 Å². The average molecular weight is 244 g/mol. The lowest BCUT2D eigenvalue weighted by Gasteiger charge is -2.17. The van der Waals surface area contributed by atoms with Gasteiger partial charge in [0.05, 0.1) is 24.6 Å². The highest BCUT2D eigenvalue weighted by molar-refractivity contribution is 5.85. The Labute approximate surface area is 104 Å². The molecule has 2 aromatic rings. The summed E-state index contributed by atoms with van der Waals surface area (Å²) in [6.07, 6.45) is 4.46. The Balaban J connectivity index is 2.16. The lowest BCUT2D eigenvalue weighted by Crippen LogP contribution is -2.19. The molecule has 6 nitrogen and oxygen atoms in total. The van der Waals surface area contributed by atoms with Crippen LogP contribution in [0.25, 0.3) is 0 Å². The molecule has 0 aliphatic rings. The lowest BCUT2D eigenvalue weighted by atomic mass is 10.3. The maximum atomic E-state index is 10.8. The maximum absolute atomic E-state index is 10.8. The number of nitrogens with zero attached hydrogens (tertiary/aromatic N) is 4. The number of aromatic carboxylic acids is 1. The first kappa shape index (κ1) is 12.0. The van der Waals surface area contributed by atoms with E-state index >= 15 is 0 Å². The summed E-state index contributed by atoms with van der Waals surface area (Å²) in [5.74, 6) is -0.587. The van der Waals surface area contributed by atoms with Crippen LogP contribution in [0.15, 0.2) is 36.8 Å². The monoisotopic (exact) mass is 244 g/mol. The van der Waals surface area contributed by atoms with Crippen LogP contribution in [0.2, 0.25) is 0 Å². The second-order valence-electron chi connectivity index (χ2n) is 3.74. The van der Waals surface area contributed by atoms with E-state index in [1.165, 1.54) is 12.4 Å². The molecule has 0 aliphatic heterocycles. The first-order valence-corrected chi connectivity index (χ1v) is 5.33. The van der Waals surface area contributed by atoms with Crippen LogP contribution in [0.1, 0.15) is 16.2 Å². The third-order valence-electron chi connectivity index (χ3n) is 2.36. The summed E-state index contributed by atoms with van der Waals surface area (Å²) >= 11 is 0. The second-order valence-corrected chi connectivity index (χ2v) is 3.74. The summed E-state index contributed by atoms with van der Waals surface area (Å²) in [5.41, 5.74) is 0.808. The molecule has 2 heterocycles. The van der Waals surface area contributed by atoms with Crippen molar-refractivity contribution in [3.63, 3.8) is 0 Å². The van der Waals surface area contributed by atoms with Gasteiger partial charge in [-0.05, 0) is 12.1 Å². The van der Waals surface area contributed by atoms with E-state index in [0.29, 0.717) is 12.4 Å². The van der Waals surface area contributed by atoms with Crippen LogP contribution in [-0.4, -0.2) is 33.1 Å². The van der Waals surface area contributed by atoms with Crippen molar-refractivity contribution < 1.29 is 9.90 Å². The summed E-state index contributed by atoms with van der Waals surface area (Å²) in [4.78, 5) is 24.7. The van der Waals surface area contributed by atoms with Crippen molar-refractivity contribution in [3.8, 4) is 0 Å². The van der Waals surface area contributed by atoms with Crippen LogP contribution < -0.4 is 4.90 Å². The van der Waals surface area contributed by atoms with Crippen molar-refractivity contribution in [2.45, 2.75) is 6.54 Å². The van der Waals surface area contributed by atoms with Gasteiger partial charge >= 0.3 is 5.97 Å². The van der Waals surface area contributed by atoms with Gasteiger partial charge in [0.2, 0.25) is 0 Å². The lowest BCUT2D eigenvalue weighted by molar-refractivity contribution is 0.0690. The van der Waals surface area contributed by atoms with E-state index in [2.05, 4.69) is 15.0 Å². The quantitative estimate of drug-likeness (QED) is 0.870. The van der Waals surface area contributed by atoms with Crippen molar-refractivity contribution in [3.05, 3.63) is 48.2 Å². The third kappa shape index (κ3) is 2.79. The van der Waals surface area contributed by atoms with E-state index < -0.39 is 5.97 Å². The predicted octanol–water partition coefficient (Wildman–Crippen LogP) is 1.21. The minimum absolute atomic E-state index is 0.0691. The molecule has 0 fully saturated rings. The van der Waals surface area contributed by atoms with Gasteiger partial charge in [0.15, 0.2) is 5.69 Å². The van der Waals surface area contributed by atoms with Crippen LogP contribution in [0.4, 0.5) is 5.82 Å². The number of rotatable bonds is 4. The molecule has 0 atom stereocenters. The Morgan fingerprint density at radius 3 is 2.89 bits per heavy atom. The van der Waals surface area contributed by atoms with Gasteiger partial charge in [-0.1, -0.05) is 6.07 Å². The number of aromatic nitrogens is 3. The summed E-state index contributed by atoms with van der Waals surface area (Å²) in [5, 5.41) is 8.85. The number of carboxylic acids is 1. The van der Waals surface area contributed by atoms with Gasteiger partial charge in [-0.3, -0.25) is 9.97 Å². The highest BCUT2D eigenvalue weighted by atomic mass is 16.4. The number of pyridine rings is 1. The van der Waals surface area contributed by atoms with Crippen LogP contribution in [-0.2, 0) is 6.54 Å². The standard InChI is InChI=1S/C12H12N4O2/c1-16(8-9-4-2-3-5-14-9)11-7-13-6-10(15-11)12(17)18/h2-7H,8H2,1H3,(H,17,18). The molecule has 0 saturated heterocycles. The van der Waals surface area contributed by atoms with E-state index in [4.69, 9.17) is 5.11 Å². The zero-order valence-corrected chi connectivity index (χ0v) is 9.82. The molecule has 0 radical (unpaired) electrons. The van der Waals surface area contributed by atoms with Gasteiger partial charge in [-0.2, -0.15) is 0 Å². The van der Waals surface area contributed by atoms with Crippen molar-refractivity contribution in [2.75, 3.05) is 11.9 Å². The van der Waals surface area contributed by atoms with Gasteiger partial charge in [-0.25, -0.2) is 9.78 Å². The predicted molar refractivity (Wildman–Crippen MR) is 65.3 cm³/mol. The summed E-state index contributed by atoms with van der Waals surface area (Å²) in [6, 6.07) is 5.63. The van der Waals surface area contributed by atoms with Crippen molar-refractivity contribution in [2.24, 2.45) is 0 Å². The Morgan fingerprint density at radius 1 is 1.39 bits per heavy atom. The van der Waals surface area contributed by atoms with Gasteiger partial charge in [0, 0.05) is 13.2 Å². The summed E-state index contributed by atoms with van der Waals surface area (Å²) in [7, 11) is 1.81. The summed E-state index contributed by atoms with van der Waals surface area (Å²) in [6.45, 7) is 0.540. The zero-order chi connectivity index (χ0) is 13.0. The van der Waals surface area contributed by atoms with Gasteiger partial charge in [0.25, 0.3) is 0 Å². The molecule has 0 bridgehead atoms. The molecule has 6 heteroatoms. The molecule has 0 amide bonds. The van der Waals surface area contributed by atoms with E-state index in [9.17, 15) is 4.79 Å². The topological polar surface area (TPSA) is 79.2 Å². The fourth-order valence-electron chi connectivity index (χ4n) is 1.46. The fourth-order valence-corrected chi connectivity index (χ4v) is 1.46. The zero-order valence-electron chi connectivity index (χ0n) is 9.82. The fraction of sp³-hybridized carbons (Fsp3) is 0.167. The number of hydrogen-bond acceptors (Lipinski definition) is 5. The molecule has 0 unspecified atom stereocenters. The third-order valence-corrected chi connectivity index (χ3v) is 2.36. The van der Waals surface area contributed by atoms with E-state index in [1.54, 1.807) is 11.1 Å². The SMILES string of the molecule is CN(Cc1ccccn1)c1cncc(C(=O)O)n1. The first-order chi connectivity index (χ1) is 8.66. The second kappa shape index (κ2) is 5.22. The van der Waals surface area contributed by atoms with Crippen molar-refractivity contribution in [1.82, 2.24) is 15.0 Å². The molecule has 0 saturated carbocycles. The molecule has 0 aliphatic carbocycles. The summed E-state index contributed by atoms with van der Waals surface area (Å²) < 4.78 is 0. The van der Waals surface area contributed by atoms with Crippen molar-refractivity contribution >= 4 is 11.8 Å². The number of anilines is 1. The largest absolute Gasteiger partial charge is 0.476 e.